The van der Waals surface area contributed by atoms with E-state index in [0.29, 0.717) is 13.1 Å². The van der Waals surface area contributed by atoms with E-state index < -0.39 is 0 Å². The number of nitrogens with two attached hydrogens (primary N) is 1. The van der Waals surface area contributed by atoms with Crippen LogP contribution in [0.4, 0.5) is 5.69 Å². The van der Waals surface area contributed by atoms with E-state index in [1.54, 1.807) is 0 Å². The minimum absolute atomic E-state index is 0.0725. The molecule has 0 aliphatic carbocycles. The van der Waals surface area contributed by atoms with E-state index in [4.69, 9.17) is 10.5 Å². The van der Waals surface area contributed by atoms with E-state index in [2.05, 4.69) is 5.32 Å². The molecule has 1 heterocycles. The van der Waals surface area contributed by atoms with Gasteiger partial charge < -0.3 is 15.8 Å². The maximum atomic E-state index is 12.0. The van der Waals surface area contributed by atoms with Gasteiger partial charge in [-0.05, 0) is 37.6 Å². The molecule has 110 valence electrons. The van der Waals surface area contributed by atoms with E-state index in [-0.39, 0.29) is 11.9 Å². The van der Waals surface area contributed by atoms with Crippen molar-refractivity contribution in [2.75, 3.05) is 32.5 Å². The zero-order valence-corrected chi connectivity index (χ0v) is 12.0. The maximum Gasteiger partial charge on any atom is 0.234 e. The predicted octanol–water partition coefficient (Wildman–Crippen LogP) is 0.996. The highest BCUT2D eigenvalue weighted by molar-refractivity contribution is 5.78. The van der Waals surface area contributed by atoms with Gasteiger partial charge in [0.05, 0.1) is 6.54 Å². The Balaban J connectivity index is 1.75. The molecule has 0 unspecified atom stereocenters. The zero-order chi connectivity index (χ0) is 14.4. The number of hydrogen-bond donors (Lipinski definition) is 2. The van der Waals surface area contributed by atoms with Crippen molar-refractivity contribution in [2.45, 2.75) is 25.4 Å². The molecule has 5 nitrogen and oxygen atoms in total. The van der Waals surface area contributed by atoms with Crippen molar-refractivity contribution < 1.29 is 9.53 Å². The summed E-state index contributed by atoms with van der Waals surface area (Å²) in [4.78, 5) is 14.0. The largest absolute Gasteiger partial charge is 0.399 e. The van der Waals surface area contributed by atoms with Gasteiger partial charge in [0, 0.05) is 31.5 Å². The van der Waals surface area contributed by atoms with E-state index in [1.807, 2.05) is 36.2 Å². The van der Waals surface area contributed by atoms with Crippen LogP contribution < -0.4 is 11.1 Å². The molecule has 2 rings (SSSR count). The van der Waals surface area contributed by atoms with Crippen LogP contribution in [0.1, 0.15) is 18.4 Å². The lowest BCUT2D eigenvalue weighted by molar-refractivity contribution is -0.123. The predicted molar refractivity (Wildman–Crippen MR) is 79.2 cm³/mol. The maximum absolute atomic E-state index is 12.0. The number of nitrogens with zero attached hydrogens (tertiary/aromatic N) is 1. The lowest BCUT2D eigenvalue weighted by Gasteiger charge is -2.24. The fraction of sp³-hybridized carbons (Fsp3) is 0.533. The summed E-state index contributed by atoms with van der Waals surface area (Å²) >= 11 is 0. The molecule has 0 aromatic heterocycles. The molecule has 1 aromatic carbocycles. The summed E-state index contributed by atoms with van der Waals surface area (Å²) in [5.74, 6) is 0.0725. The Morgan fingerprint density at radius 3 is 2.90 bits per heavy atom. The summed E-state index contributed by atoms with van der Waals surface area (Å²) in [6, 6.07) is 8.01. The minimum Gasteiger partial charge on any atom is -0.399 e. The molecule has 1 fully saturated rings. The summed E-state index contributed by atoms with van der Waals surface area (Å²) < 4.78 is 5.28. The topological polar surface area (TPSA) is 67.6 Å². The third-order valence-electron chi connectivity index (χ3n) is 3.40. The number of carbonyl (C=O) groups is 1. The summed E-state index contributed by atoms with van der Waals surface area (Å²) in [7, 11) is 1.94. The normalized spacial score (nSPS) is 16.3. The number of nitrogens with one attached hydrogen (secondary N) is 1. The second kappa shape index (κ2) is 7.26. The van der Waals surface area contributed by atoms with Gasteiger partial charge in [-0.1, -0.05) is 12.1 Å². The molecule has 0 radical (unpaired) electrons. The first kappa shape index (κ1) is 14.8. The van der Waals surface area contributed by atoms with Crippen molar-refractivity contribution in [3.05, 3.63) is 29.8 Å². The molecule has 1 aliphatic heterocycles. The average molecular weight is 277 g/mol. The second-order valence-electron chi connectivity index (χ2n) is 5.37. The molecule has 1 aliphatic rings. The number of benzene rings is 1. The van der Waals surface area contributed by atoms with Crippen molar-refractivity contribution in [1.82, 2.24) is 10.2 Å². The lowest BCUT2D eigenvalue weighted by Crippen LogP contribution is -2.43. The van der Waals surface area contributed by atoms with Crippen LogP contribution in [0.25, 0.3) is 0 Å². The summed E-state index contributed by atoms with van der Waals surface area (Å²) in [5, 5.41) is 3.06. The van der Waals surface area contributed by atoms with Gasteiger partial charge in [-0.25, -0.2) is 0 Å². The Bertz CT molecular complexity index is 444. The van der Waals surface area contributed by atoms with Crippen molar-refractivity contribution in [3.8, 4) is 0 Å². The van der Waals surface area contributed by atoms with Gasteiger partial charge in [0.2, 0.25) is 5.91 Å². The molecule has 5 heteroatoms. The van der Waals surface area contributed by atoms with Crippen LogP contribution >= 0.6 is 0 Å². The van der Waals surface area contributed by atoms with Gasteiger partial charge in [-0.2, -0.15) is 0 Å². The monoisotopic (exact) mass is 277 g/mol. The number of amides is 1. The highest BCUT2D eigenvalue weighted by atomic mass is 16.5. The first-order chi connectivity index (χ1) is 9.63. The number of anilines is 1. The van der Waals surface area contributed by atoms with E-state index in [0.717, 1.165) is 37.3 Å². The Kier molecular flexibility index (Phi) is 5.38. The Morgan fingerprint density at radius 1 is 1.45 bits per heavy atom. The van der Waals surface area contributed by atoms with Crippen LogP contribution in [-0.2, 0) is 16.1 Å². The molecule has 0 saturated carbocycles. The SMILES string of the molecule is CN(CC(=O)NC1CCOCC1)Cc1cccc(N)c1. The molecule has 1 amide bonds. The zero-order valence-electron chi connectivity index (χ0n) is 12.0. The van der Waals surface area contributed by atoms with Crippen molar-refractivity contribution >= 4 is 11.6 Å². The fourth-order valence-electron chi connectivity index (χ4n) is 2.42. The Hall–Kier alpha value is -1.59. The van der Waals surface area contributed by atoms with Crippen LogP contribution in [0.5, 0.6) is 0 Å². The van der Waals surface area contributed by atoms with Crippen molar-refractivity contribution in [2.24, 2.45) is 0 Å². The minimum atomic E-state index is 0.0725. The van der Waals surface area contributed by atoms with Crippen LogP contribution in [0.15, 0.2) is 24.3 Å². The smallest absolute Gasteiger partial charge is 0.234 e. The van der Waals surface area contributed by atoms with Crippen LogP contribution in [0, 0.1) is 0 Å². The highest BCUT2D eigenvalue weighted by Crippen LogP contribution is 2.09. The van der Waals surface area contributed by atoms with Gasteiger partial charge in [0.1, 0.15) is 0 Å². The number of carbonyl (C=O) groups excluding carboxylic acids is 1. The molecular weight excluding hydrogens is 254 g/mol. The van der Waals surface area contributed by atoms with Crippen molar-refractivity contribution in [3.63, 3.8) is 0 Å². The standard InChI is InChI=1S/C15H23N3O2/c1-18(10-12-3-2-4-13(16)9-12)11-15(19)17-14-5-7-20-8-6-14/h2-4,9,14H,5-8,10-11,16H2,1H3,(H,17,19). The third-order valence-corrected chi connectivity index (χ3v) is 3.40. The third kappa shape index (κ3) is 4.83. The van der Waals surface area contributed by atoms with E-state index >= 15 is 0 Å². The van der Waals surface area contributed by atoms with E-state index in [1.165, 1.54) is 0 Å². The van der Waals surface area contributed by atoms with Crippen molar-refractivity contribution in [1.29, 1.82) is 0 Å². The van der Waals surface area contributed by atoms with Crippen LogP contribution in [0.3, 0.4) is 0 Å². The number of likely N-dealkylation sites (N-methyl/N-ethyl adjacent to an activating group) is 1. The highest BCUT2D eigenvalue weighted by Gasteiger charge is 2.16. The van der Waals surface area contributed by atoms with Gasteiger partial charge in [-0.3, -0.25) is 9.69 Å². The molecule has 0 atom stereocenters. The molecule has 0 spiro atoms. The number of rotatable bonds is 5. The molecule has 3 N–H and O–H groups in total. The number of hydrogen-bond acceptors (Lipinski definition) is 4. The fourth-order valence-corrected chi connectivity index (χ4v) is 2.42. The number of ether oxygens (including phenoxy) is 1. The van der Waals surface area contributed by atoms with E-state index in [9.17, 15) is 4.79 Å². The summed E-state index contributed by atoms with van der Waals surface area (Å²) in [6.07, 6.45) is 1.81. The lowest BCUT2D eigenvalue weighted by atomic mass is 10.1. The Labute approximate surface area is 120 Å². The molecule has 1 aromatic rings. The summed E-state index contributed by atoms with van der Waals surface area (Å²) in [5.41, 5.74) is 7.62. The van der Waals surface area contributed by atoms with Crippen LogP contribution in [0.2, 0.25) is 0 Å². The Morgan fingerprint density at radius 2 is 2.20 bits per heavy atom. The first-order valence-corrected chi connectivity index (χ1v) is 7.03. The van der Waals surface area contributed by atoms with Gasteiger partial charge in [0.15, 0.2) is 0 Å². The molecule has 0 bridgehead atoms. The molecule has 1 saturated heterocycles. The first-order valence-electron chi connectivity index (χ1n) is 7.03. The number of nitrogen functional groups attached to an aromatic ring is 1. The second-order valence-corrected chi connectivity index (χ2v) is 5.37. The van der Waals surface area contributed by atoms with Gasteiger partial charge >= 0.3 is 0 Å². The van der Waals surface area contributed by atoms with Gasteiger partial charge in [0.25, 0.3) is 0 Å². The molecule has 20 heavy (non-hydrogen) atoms. The van der Waals surface area contributed by atoms with Crippen LogP contribution in [-0.4, -0.2) is 43.7 Å². The molecular formula is C15H23N3O2. The quantitative estimate of drug-likeness (QED) is 0.788. The van der Waals surface area contributed by atoms with Gasteiger partial charge in [-0.15, -0.1) is 0 Å². The summed E-state index contributed by atoms with van der Waals surface area (Å²) in [6.45, 7) is 2.59. The average Bonchev–Trinajstić information content (AvgIpc) is 2.39.